The fourth-order valence-corrected chi connectivity index (χ4v) is 5.93. The number of halogens is 2. The largest absolute Gasteiger partial charge is 0.453 e. The molecule has 1 aliphatic heterocycles. The van der Waals surface area contributed by atoms with Gasteiger partial charge in [-0.15, -0.1) is 0 Å². The molecule has 0 aliphatic carbocycles. The van der Waals surface area contributed by atoms with Crippen molar-refractivity contribution < 1.29 is 27.8 Å². The molecule has 13 nitrogen and oxygen atoms in total. The average molecular weight is 672 g/mol. The lowest BCUT2D eigenvalue weighted by molar-refractivity contribution is 0.0635. The van der Waals surface area contributed by atoms with Crippen molar-refractivity contribution >= 4 is 29.3 Å². The van der Waals surface area contributed by atoms with Gasteiger partial charge in [-0.2, -0.15) is 5.10 Å². The first-order chi connectivity index (χ1) is 23.4. The van der Waals surface area contributed by atoms with Crippen molar-refractivity contribution in [1.29, 1.82) is 0 Å². The molecule has 6 rings (SSSR count). The van der Waals surface area contributed by atoms with E-state index in [1.165, 1.54) is 19.5 Å². The lowest BCUT2D eigenvalue weighted by atomic mass is 9.84. The number of amides is 2. The molecule has 1 saturated heterocycles. The molecule has 1 unspecified atom stereocenters. The first kappa shape index (κ1) is 33.2. The Hall–Kier alpha value is -5.73. The van der Waals surface area contributed by atoms with Gasteiger partial charge in [0.15, 0.2) is 23.1 Å². The standard InChI is InChI=1S/C34H35F2N9O4/c1-33(2,3)49-31(46)42-29-30-39-17-23(45(30)41-20-40-29)14-22-16-26(21-9-10-24(35)25(36)15-21)38-18-27(22)44-13-7-11-34(19-44,43-32(47)48-4)28-8-5-6-12-37-28/h5-6,8-10,12,15-18,20H,7,11,13-14,19H2,1-4H3,(H,43,47)(H,40,41,42,46). The molecule has 5 aromatic rings. The molecule has 0 spiro atoms. The molecule has 0 radical (unpaired) electrons. The zero-order valence-corrected chi connectivity index (χ0v) is 27.4. The van der Waals surface area contributed by atoms with Gasteiger partial charge in [0.25, 0.3) is 0 Å². The third kappa shape index (κ3) is 7.24. The van der Waals surface area contributed by atoms with Gasteiger partial charge in [-0.25, -0.2) is 32.9 Å². The van der Waals surface area contributed by atoms with E-state index in [2.05, 4.69) is 40.6 Å². The van der Waals surface area contributed by atoms with Crippen LogP contribution in [0.4, 0.5) is 29.9 Å². The van der Waals surface area contributed by atoms with E-state index in [0.717, 1.165) is 23.4 Å². The zero-order chi connectivity index (χ0) is 34.8. The highest BCUT2D eigenvalue weighted by Gasteiger charge is 2.41. The number of piperidine rings is 1. The highest BCUT2D eigenvalue weighted by Crippen LogP contribution is 2.36. The van der Waals surface area contributed by atoms with Crippen molar-refractivity contribution in [3.05, 3.63) is 96.0 Å². The summed E-state index contributed by atoms with van der Waals surface area (Å²) in [6.45, 7) is 6.24. The molecule has 4 aromatic heterocycles. The number of fused-ring (bicyclic) bond motifs is 1. The van der Waals surface area contributed by atoms with Crippen molar-refractivity contribution in [3.8, 4) is 11.3 Å². The van der Waals surface area contributed by atoms with Gasteiger partial charge < -0.3 is 19.7 Å². The monoisotopic (exact) mass is 671 g/mol. The van der Waals surface area contributed by atoms with E-state index in [9.17, 15) is 18.4 Å². The second kappa shape index (κ2) is 13.4. The van der Waals surface area contributed by atoms with Gasteiger partial charge in [-0.1, -0.05) is 6.07 Å². The van der Waals surface area contributed by atoms with Crippen LogP contribution in [0.1, 0.15) is 50.6 Å². The van der Waals surface area contributed by atoms with Crippen LogP contribution in [0.3, 0.4) is 0 Å². The predicted molar refractivity (Wildman–Crippen MR) is 176 cm³/mol. The van der Waals surface area contributed by atoms with Crippen LogP contribution >= 0.6 is 0 Å². The van der Waals surface area contributed by atoms with E-state index in [1.54, 1.807) is 43.9 Å². The smallest absolute Gasteiger partial charge is 0.413 e. The van der Waals surface area contributed by atoms with Crippen LogP contribution in [0, 0.1) is 11.6 Å². The molecule has 2 N–H and O–H groups in total. The van der Waals surface area contributed by atoms with E-state index in [4.69, 9.17) is 9.47 Å². The van der Waals surface area contributed by atoms with E-state index in [1.807, 2.05) is 24.3 Å². The van der Waals surface area contributed by atoms with Crippen molar-refractivity contribution in [2.45, 2.75) is 51.2 Å². The summed E-state index contributed by atoms with van der Waals surface area (Å²) in [5.74, 6) is -1.78. The molecule has 0 saturated carbocycles. The Morgan fingerprint density at radius 3 is 2.57 bits per heavy atom. The number of rotatable bonds is 7. The zero-order valence-electron chi connectivity index (χ0n) is 27.4. The molecule has 254 valence electrons. The number of pyridine rings is 2. The molecule has 5 heterocycles. The SMILES string of the molecule is COC(=O)NC1(c2ccccn2)CCCN(c2cnc(-c3ccc(F)c(F)c3)cc2Cc2cnc3c(NC(=O)OC(C)(C)C)ncnn23)C1. The number of carbonyl (C=O) groups is 2. The minimum absolute atomic E-state index is 0.165. The molecule has 49 heavy (non-hydrogen) atoms. The summed E-state index contributed by atoms with van der Waals surface area (Å²) in [4.78, 5) is 45.2. The lowest BCUT2D eigenvalue weighted by Crippen LogP contribution is -2.57. The lowest BCUT2D eigenvalue weighted by Gasteiger charge is -2.44. The fourth-order valence-electron chi connectivity index (χ4n) is 5.93. The Morgan fingerprint density at radius 1 is 1.00 bits per heavy atom. The summed E-state index contributed by atoms with van der Waals surface area (Å²) in [5.41, 5.74) is 2.37. The van der Waals surface area contributed by atoms with Crippen molar-refractivity contribution in [1.82, 2.24) is 34.9 Å². The summed E-state index contributed by atoms with van der Waals surface area (Å²) < 4.78 is 40.0. The van der Waals surface area contributed by atoms with Crippen LogP contribution in [-0.2, 0) is 21.4 Å². The number of anilines is 2. The number of ether oxygens (including phenoxy) is 2. The quantitative estimate of drug-likeness (QED) is 0.222. The van der Waals surface area contributed by atoms with Gasteiger partial charge in [-0.3, -0.25) is 15.3 Å². The molecule has 1 atom stereocenters. The maximum Gasteiger partial charge on any atom is 0.413 e. The van der Waals surface area contributed by atoms with Crippen molar-refractivity contribution in [2.24, 2.45) is 0 Å². The number of nitrogens with zero attached hydrogens (tertiary/aromatic N) is 7. The Bertz CT molecular complexity index is 2000. The molecule has 1 fully saturated rings. The Kier molecular flexibility index (Phi) is 9.08. The number of imidazole rings is 1. The van der Waals surface area contributed by atoms with E-state index in [-0.39, 0.29) is 12.2 Å². The number of benzene rings is 1. The summed E-state index contributed by atoms with van der Waals surface area (Å²) in [6.07, 6.45) is 6.61. The van der Waals surface area contributed by atoms with Crippen molar-refractivity contribution in [2.75, 3.05) is 30.4 Å². The van der Waals surface area contributed by atoms with Gasteiger partial charge in [0.1, 0.15) is 17.5 Å². The molecule has 1 aromatic carbocycles. The summed E-state index contributed by atoms with van der Waals surface area (Å²) in [7, 11) is 1.31. The van der Waals surface area contributed by atoms with E-state index >= 15 is 0 Å². The Labute approximate surface area is 280 Å². The van der Waals surface area contributed by atoms with Gasteiger partial charge in [0.05, 0.1) is 42.3 Å². The number of alkyl carbamates (subject to hydrolysis) is 1. The topological polar surface area (TPSA) is 149 Å². The van der Waals surface area contributed by atoms with Crippen molar-refractivity contribution in [3.63, 3.8) is 0 Å². The third-order valence-corrected chi connectivity index (χ3v) is 8.06. The normalized spacial score (nSPS) is 16.3. The second-order valence-electron chi connectivity index (χ2n) is 12.7. The number of hydrogen-bond donors (Lipinski definition) is 2. The van der Waals surface area contributed by atoms with Crippen LogP contribution in [0.5, 0.6) is 0 Å². The first-order valence-electron chi connectivity index (χ1n) is 15.6. The maximum atomic E-state index is 14.3. The van der Waals surface area contributed by atoms with Crippen LogP contribution in [0.2, 0.25) is 0 Å². The summed E-state index contributed by atoms with van der Waals surface area (Å²) >= 11 is 0. The molecule has 2 amide bonds. The molecule has 15 heteroatoms. The number of nitrogens with one attached hydrogen (secondary N) is 2. The Morgan fingerprint density at radius 2 is 1.84 bits per heavy atom. The van der Waals surface area contributed by atoms with Crippen LogP contribution < -0.4 is 15.5 Å². The van der Waals surface area contributed by atoms with Gasteiger partial charge >= 0.3 is 12.2 Å². The van der Waals surface area contributed by atoms with Gasteiger partial charge in [-0.05, 0) is 75.6 Å². The number of aromatic nitrogens is 6. The molecular weight excluding hydrogens is 636 g/mol. The fraction of sp³-hybridized carbons (Fsp3) is 0.324. The summed E-state index contributed by atoms with van der Waals surface area (Å²) in [6, 6.07) is 11.0. The second-order valence-corrected chi connectivity index (χ2v) is 12.7. The van der Waals surface area contributed by atoms with Crippen LogP contribution in [-0.4, -0.2) is 67.5 Å². The van der Waals surface area contributed by atoms with E-state index < -0.39 is 35.0 Å². The first-order valence-corrected chi connectivity index (χ1v) is 15.6. The predicted octanol–water partition coefficient (Wildman–Crippen LogP) is 5.65. The maximum absolute atomic E-state index is 14.3. The minimum Gasteiger partial charge on any atom is -0.453 e. The Balaban J connectivity index is 1.40. The molecule has 0 bridgehead atoms. The van der Waals surface area contributed by atoms with Gasteiger partial charge in [0.2, 0.25) is 0 Å². The minimum atomic E-state index is -0.988. The number of hydrogen-bond acceptors (Lipinski definition) is 10. The number of methoxy groups -OCH3 is 1. The van der Waals surface area contributed by atoms with Gasteiger partial charge in [0, 0.05) is 31.3 Å². The average Bonchev–Trinajstić information content (AvgIpc) is 3.49. The summed E-state index contributed by atoms with van der Waals surface area (Å²) in [5, 5.41) is 10.1. The molecule has 1 aliphatic rings. The molecular formula is C34H35F2N9O4. The van der Waals surface area contributed by atoms with Crippen LogP contribution in [0.25, 0.3) is 16.9 Å². The number of carbonyl (C=O) groups excluding carboxylic acids is 2. The third-order valence-electron chi connectivity index (χ3n) is 8.06. The highest BCUT2D eigenvalue weighted by molar-refractivity contribution is 5.87. The highest BCUT2D eigenvalue weighted by atomic mass is 19.2. The van der Waals surface area contributed by atoms with E-state index in [0.29, 0.717) is 54.2 Å². The van der Waals surface area contributed by atoms with Crippen LogP contribution in [0.15, 0.2) is 67.4 Å².